The molecule has 0 amide bonds. The van der Waals surface area contributed by atoms with Crippen LogP contribution in [0.3, 0.4) is 0 Å². The van der Waals surface area contributed by atoms with Crippen molar-refractivity contribution >= 4 is 22.0 Å². The van der Waals surface area contributed by atoms with Crippen molar-refractivity contribution in [2.45, 2.75) is 18.9 Å². The Labute approximate surface area is 99.1 Å². The molecule has 6 nitrogen and oxygen atoms in total. The average molecular weight is 256 g/mol. The maximum atomic E-state index is 11.1. The van der Waals surface area contributed by atoms with Gasteiger partial charge in [-0.2, -0.15) is 0 Å². The SMILES string of the molecule is CS(=O)(=O)Nc1cnc(C=O)cc1OC1CC1. The lowest BCUT2D eigenvalue weighted by Gasteiger charge is -2.11. The number of ether oxygens (including phenoxy) is 1. The number of nitrogens with zero attached hydrogens (tertiary/aromatic N) is 1. The fourth-order valence-corrected chi connectivity index (χ4v) is 1.81. The summed E-state index contributed by atoms with van der Waals surface area (Å²) >= 11 is 0. The van der Waals surface area contributed by atoms with Crippen LogP contribution < -0.4 is 9.46 Å². The minimum atomic E-state index is -3.39. The molecule has 7 heteroatoms. The number of carbonyl (C=O) groups is 1. The number of sulfonamides is 1. The summed E-state index contributed by atoms with van der Waals surface area (Å²) in [4.78, 5) is 14.4. The van der Waals surface area contributed by atoms with Crippen molar-refractivity contribution < 1.29 is 17.9 Å². The zero-order valence-corrected chi connectivity index (χ0v) is 10.0. The van der Waals surface area contributed by atoms with Crippen molar-refractivity contribution in [3.05, 3.63) is 18.0 Å². The van der Waals surface area contributed by atoms with E-state index in [9.17, 15) is 13.2 Å². The van der Waals surface area contributed by atoms with E-state index in [0.717, 1.165) is 19.1 Å². The third kappa shape index (κ3) is 3.42. The smallest absolute Gasteiger partial charge is 0.229 e. The van der Waals surface area contributed by atoms with Crippen molar-refractivity contribution in [3.63, 3.8) is 0 Å². The molecule has 0 bridgehead atoms. The van der Waals surface area contributed by atoms with Crippen LogP contribution in [0.15, 0.2) is 12.3 Å². The maximum Gasteiger partial charge on any atom is 0.229 e. The van der Waals surface area contributed by atoms with Crippen molar-refractivity contribution in [3.8, 4) is 5.75 Å². The van der Waals surface area contributed by atoms with Crippen molar-refractivity contribution in [1.82, 2.24) is 4.98 Å². The van der Waals surface area contributed by atoms with Gasteiger partial charge < -0.3 is 4.74 Å². The van der Waals surface area contributed by atoms with Gasteiger partial charge in [-0.05, 0) is 12.8 Å². The Hall–Kier alpha value is -1.63. The van der Waals surface area contributed by atoms with Crippen LogP contribution in [0, 0.1) is 0 Å². The monoisotopic (exact) mass is 256 g/mol. The lowest BCUT2D eigenvalue weighted by molar-refractivity contribution is 0.111. The Bertz CT molecular complexity index is 537. The van der Waals surface area contributed by atoms with Crippen molar-refractivity contribution in [1.29, 1.82) is 0 Å². The van der Waals surface area contributed by atoms with Crippen molar-refractivity contribution in [2.24, 2.45) is 0 Å². The van der Waals surface area contributed by atoms with Crippen LogP contribution in [0.5, 0.6) is 5.75 Å². The number of hydrogen-bond acceptors (Lipinski definition) is 5. The molecule has 1 aromatic rings. The van der Waals surface area contributed by atoms with Crippen LogP contribution in [0.1, 0.15) is 23.3 Å². The number of carbonyl (C=O) groups excluding carboxylic acids is 1. The van der Waals surface area contributed by atoms with Crippen LogP contribution in [0.2, 0.25) is 0 Å². The van der Waals surface area contributed by atoms with E-state index in [-0.39, 0.29) is 17.5 Å². The van der Waals surface area contributed by atoms with E-state index >= 15 is 0 Å². The topological polar surface area (TPSA) is 85.4 Å². The largest absolute Gasteiger partial charge is 0.488 e. The van der Waals surface area contributed by atoms with Gasteiger partial charge in [0.2, 0.25) is 10.0 Å². The summed E-state index contributed by atoms with van der Waals surface area (Å²) in [6.07, 6.45) is 4.90. The number of nitrogens with one attached hydrogen (secondary N) is 1. The van der Waals surface area contributed by atoms with Crippen molar-refractivity contribution in [2.75, 3.05) is 11.0 Å². The predicted octanol–water partition coefficient (Wildman–Crippen LogP) is 0.807. The molecule has 17 heavy (non-hydrogen) atoms. The predicted molar refractivity (Wildman–Crippen MR) is 61.7 cm³/mol. The number of anilines is 1. The van der Waals surface area contributed by atoms with Crippen LogP contribution in [0.25, 0.3) is 0 Å². The van der Waals surface area contributed by atoms with E-state index in [0.29, 0.717) is 12.0 Å². The third-order valence-electron chi connectivity index (χ3n) is 2.12. The fraction of sp³-hybridized carbons (Fsp3) is 0.400. The van der Waals surface area contributed by atoms with Crippen LogP contribution >= 0.6 is 0 Å². The molecule has 2 rings (SSSR count). The molecule has 1 heterocycles. The molecule has 1 aliphatic carbocycles. The first-order valence-corrected chi connectivity index (χ1v) is 6.97. The molecule has 92 valence electrons. The molecular weight excluding hydrogens is 244 g/mol. The van der Waals surface area contributed by atoms with Gasteiger partial charge in [-0.15, -0.1) is 0 Å². The molecule has 1 saturated carbocycles. The van der Waals surface area contributed by atoms with E-state index in [1.165, 1.54) is 12.3 Å². The molecule has 0 aromatic carbocycles. The van der Waals surface area contributed by atoms with Crippen LogP contribution in [-0.4, -0.2) is 32.0 Å². The minimum Gasteiger partial charge on any atom is -0.488 e. The summed E-state index contributed by atoms with van der Waals surface area (Å²) in [5.41, 5.74) is 0.463. The number of hydrogen-bond donors (Lipinski definition) is 1. The number of rotatable bonds is 5. The highest BCUT2D eigenvalue weighted by Crippen LogP contribution is 2.32. The average Bonchev–Trinajstić information content (AvgIpc) is 3.02. The van der Waals surface area contributed by atoms with Gasteiger partial charge in [0, 0.05) is 6.07 Å². The standard InChI is InChI=1S/C10H12N2O4S/c1-17(14,15)12-9-5-11-7(6-13)4-10(9)16-8-2-3-8/h4-6,8,12H,2-3H2,1H3. The zero-order valence-electron chi connectivity index (χ0n) is 9.21. The Morgan fingerprint density at radius 1 is 1.53 bits per heavy atom. The number of pyridine rings is 1. The molecule has 0 atom stereocenters. The quantitative estimate of drug-likeness (QED) is 0.788. The normalized spacial score (nSPS) is 15.4. The summed E-state index contributed by atoms with van der Waals surface area (Å²) in [5.74, 6) is 0.343. The summed E-state index contributed by atoms with van der Waals surface area (Å²) in [7, 11) is -3.39. The highest BCUT2D eigenvalue weighted by atomic mass is 32.2. The summed E-state index contributed by atoms with van der Waals surface area (Å²) in [5, 5.41) is 0. The first-order chi connectivity index (χ1) is 7.98. The highest BCUT2D eigenvalue weighted by Gasteiger charge is 2.25. The molecular formula is C10H12N2O4S. The Balaban J connectivity index is 2.31. The second-order valence-corrected chi connectivity index (χ2v) is 5.66. The molecule has 0 saturated heterocycles. The van der Waals surface area contributed by atoms with Gasteiger partial charge >= 0.3 is 0 Å². The summed E-state index contributed by atoms with van der Waals surface area (Å²) < 4.78 is 30.1. The molecule has 0 radical (unpaired) electrons. The Morgan fingerprint density at radius 2 is 2.24 bits per heavy atom. The molecule has 1 N–H and O–H groups in total. The van der Waals surface area contributed by atoms with Gasteiger partial charge in [0.15, 0.2) is 6.29 Å². The Kier molecular flexibility index (Phi) is 3.01. The van der Waals surface area contributed by atoms with Gasteiger partial charge in [-0.1, -0.05) is 0 Å². The van der Waals surface area contributed by atoms with E-state index < -0.39 is 10.0 Å². The molecule has 1 fully saturated rings. The second-order valence-electron chi connectivity index (χ2n) is 3.91. The van der Waals surface area contributed by atoms with E-state index in [2.05, 4.69) is 9.71 Å². The van der Waals surface area contributed by atoms with E-state index in [1.807, 2.05) is 0 Å². The Morgan fingerprint density at radius 3 is 2.76 bits per heavy atom. The molecule has 1 aliphatic rings. The van der Waals surface area contributed by atoms with Gasteiger partial charge in [-0.3, -0.25) is 14.5 Å². The van der Waals surface area contributed by atoms with Crippen LogP contribution in [-0.2, 0) is 10.0 Å². The molecule has 0 unspecified atom stereocenters. The van der Waals surface area contributed by atoms with Gasteiger partial charge in [0.1, 0.15) is 17.1 Å². The van der Waals surface area contributed by atoms with Gasteiger partial charge in [0.25, 0.3) is 0 Å². The van der Waals surface area contributed by atoms with E-state index in [4.69, 9.17) is 4.74 Å². The number of aldehydes is 1. The zero-order chi connectivity index (χ0) is 12.5. The second kappa shape index (κ2) is 4.33. The lowest BCUT2D eigenvalue weighted by atomic mass is 10.3. The first-order valence-electron chi connectivity index (χ1n) is 5.07. The third-order valence-corrected chi connectivity index (χ3v) is 2.71. The summed E-state index contributed by atoms with van der Waals surface area (Å²) in [6, 6.07) is 1.43. The lowest BCUT2D eigenvalue weighted by Crippen LogP contribution is -2.12. The summed E-state index contributed by atoms with van der Waals surface area (Å²) in [6.45, 7) is 0. The van der Waals surface area contributed by atoms with Gasteiger partial charge in [-0.25, -0.2) is 8.42 Å². The molecule has 0 spiro atoms. The molecule has 0 aliphatic heterocycles. The minimum absolute atomic E-state index is 0.108. The van der Waals surface area contributed by atoms with Gasteiger partial charge in [0.05, 0.1) is 18.6 Å². The molecule has 1 aromatic heterocycles. The fourth-order valence-electron chi connectivity index (χ4n) is 1.26. The first kappa shape index (κ1) is 11.8. The van der Waals surface area contributed by atoms with Crippen LogP contribution in [0.4, 0.5) is 5.69 Å². The maximum absolute atomic E-state index is 11.1. The number of aromatic nitrogens is 1. The van der Waals surface area contributed by atoms with E-state index in [1.54, 1.807) is 0 Å². The highest BCUT2D eigenvalue weighted by molar-refractivity contribution is 7.92.